The molecule has 0 aromatic heterocycles. The van der Waals surface area contributed by atoms with Gasteiger partial charge in [0.25, 0.3) is 5.91 Å². The van der Waals surface area contributed by atoms with E-state index in [1.807, 2.05) is 69.2 Å². The van der Waals surface area contributed by atoms with E-state index in [1.54, 1.807) is 88.4 Å². The average Bonchev–Trinajstić information content (AvgIpc) is 0.792. The standard InChI is InChI=1S/C20H22ClNO5.C12H15ClO4.C12H15ClO3.2C11H13ClO4.C9H9ClO3.C9H11NO2.2CH3F.Li.H2O.H2/c1-11(2)27-17-10-13(9-16(21)18(17)25-4)19(23)22-14-6-7-15(12(3)8-14)20(24)26-5;1-7(2)17-10-6-8(12(14)16-4)5-9(13)11(10)15-3;1-7(2)16-11-6-9(12(14)15-4)5-10(13)8(11)3;1-6(2)16-9-5-7(11(13)14)4-8(12)10(9)15-3;1-6(2)16-9-5-7(11(14)15-3)4-8(12)10(9)13;1-5-7(10)3-6(4-8(5)11)9(12)13-2;1-6-5-7(10)3-4-8(6)9(11)12-2;2*1-2;;;/h6-11H,1-5H3,(H,22,23);5-7H,1-4H3;5-7H,1-4H3;4-6H,1-3H3,(H,13,14);4-6,13H,1-3H3;3-4,11H,1-2H3;3-5H,10H2,1-2H3;2*1H3;;1H2;1H/q;;;;;;;;;+1;;/p-1/i;;;;;;;2*1D;;;. The summed E-state index contributed by atoms with van der Waals surface area (Å²) >= 11 is 35.7. The number of phenolic OH excluding ortho intramolecular Hbond substituents is 2. The summed E-state index contributed by atoms with van der Waals surface area (Å²) in [6.45, 7) is 25.7. The quantitative estimate of drug-likeness (QED) is 0.0182. The van der Waals surface area contributed by atoms with Crippen LogP contribution < -0.4 is 67.8 Å². The number of aryl methyl sites for hydroxylation is 2. The van der Waals surface area contributed by atoms with Crippen LogP contribution >= 0.6 is 69.6 Å². The Labute approximate surface area is 761 Å². The molecule has 8 aromatic rings. The summed E-state index contributed by atoms with van der Waals surface area (Å²) in [6, 6.07) is 27.6. The van der Waals surface area contributed by atoms with Crippen molar-refractivity contribution in [1.29, 1.82) is 0 Å². The second-order valence-electron chi connectivity index (χ2n) is 25.6. The summed E-state index contributed by atoms with van der Waals surface area (Å²) in [5.74, 6) is -1.23. The van der Waals surface area contributed by atoms with Gasteiger partial charge in [-0.1, -0.05) is 69.6 Å². The first kappa shape index (κ1) is 112. The van der Waals surface area contributed by atoms with Gasteiger partial charge in [0.1, 0.15) is 11.5 Å². The molecule has 0 unspecified atom stereocenters. The molecule has 7 N–H and O–H groups in total. The summed E-state index contributed by atoms with van der Waals surface area (Å²) in [7, 11) is 10.3. The van der Waals surface area contributed by atoms with E-state index in [2.05, 4.69) is 29.0 Å². The third-order valence-electron chi connectivity index (χ3n) is 14.8. The van der Waals surface area contributed by atoms with Gasteiger partial charge in [-0.05, 0) is 217 Å². The number of anilines is 2. The van der Waals surface area contributed by atoms with Crippen molar-refractivity contribution in [3.05, 3.63) is 206 Å². The van der Waals surface area contributed by atoms with E-state index in [0.29, 0.717) is 106 Å². The molecule has 0 spiro atoms. The number of methoxy groups -OCH3 is 9. The number of hydrogen-bond acceptors (Lipinski definition) is 26. The van der Waals surface area contributed by atoms with Crippen LogP contribution in [0.2, 0.25) is 30.1 Å². The minimum Gasteiger partial charge on any atom is -0.870 e. The molecule has 123 heavy (non-hydrogen) atoms. The number of carbonyl (C=O) groups excluding carboxylic acids is 7. The molecule has 28 nitrogen and oxygen atoms in total. The fourth-order valence-corrected chi connectivity index (χ4v) is 10.9. The SMILES string of the molecule is COC(=O)c1cc(Cl)c(C)c(OC(C)C)c1.COC(=O)c1cc(Cl)c(O)c(OC(C)C)c1.COC(=O)c1cc(Cl)c(OC)c(OC(C)C)c1.COC(=O)c1cc(O)c(C)c(Cl)c1.COC(=O)c1ccc(N)cc1C.COC(=O)c1ccc(NC(=O)c2cc(Cl)c(OC)c(OC(C)C)c2)cc1C.COc1c(Cl)cc(C(=O)O)cc1OC(C)C.[2H]CF.[2H]CF.[HH].[Li+].[OH-]. The Balaban J connectivity index is -0.000000688. The molecule has 0 aliphatic heterocycles. The number of ether oxygens (including phenoxy) is 14. The number of hydrogen-bond donors (Lipinski definition) is 5. The molecule has 0 heterocycles. The van der Waals surface area contributed by atoms with E-state index in [0.717, 1.165) is 11.1 Å². The molecule has 0 saturated heterocycles. The number of esters is 6. The van der Waals surface area contributed by atoms with E-state index in [9.17, 15) is 57.4 Å². The van der Waals surface area contributed by atoms with E-state index in [4.69, 9.17) is 126 Å². The Morgan fingerprint density at radius 3 is 1.02 bits per heavy atom. The van der Waals surface area contributed by atoms with Gasteiger partial charge in [-0.25, -0.2) is 33.6 Å². The largest absolute Gasteiger partial charge is 1.00 e. The number of halogens is 8. The zero-order valence-corrected chi connectivity index (χ0v) is 77.1. The van der Waals surface area contributed by atoms with Crippen molar-refractivity contribution >= 4 is 129 Å². The van der Waals surface area contributed by atoms with Gasteiger partial charge in [-0.3, -0.25) is 13.6 Å². The first-order chi connectivity index (χ1) is 57.6. The van der Waals surface area contributed by atoms with E-state index in [1.165, 1.54) is 113 Å². The summed E-state index contributed by atoms with van der Waals surface area (Å²) in [6.07, 6.45) is -0.346. The van der Waals surface area contributed by atoms with Gasteiger partial charge in [0.15, 0.2) is 46.0 Å². The smallest absolute Gasteiger partial charge is 0.870 e. The fraction of sp³-hybridized carbons (Fsp3) is 0.349. The van der Waals surface area contributed by atoms with Gasteiger partial charge in [0.2, 0.25) is 0 Å². The van der Waals surface area contributed by atoms with Crippen LogP contribution in [0.3, 0.4) is 0 Å². The minimum atomic E-state index is -1.06. The minimum absolute atomic E-state index is 0. The Kier molecular flexibility index (Phi) is 54.2. The number of amides is 1. The van der Waals surface area contributed by atoms with Gasteiger partial charge in [0, 0.05) is 39.5 Å². The van der Waals surface area contributed by atoms with E-state index in [-0.39, 0.29) is 117 Å². The van der Waals surface area contributed by atoms with Crippen molar-refractivity contribution in [2.75, 3.05) is 89.3 Å². The van der Waals surface area contributed by atoms with E-state index < -0.39 is 50.1 Å². The zero-order chi connectivity index (χ0) is 94.6. The maximum absolute atomic E-state index is 12.6. The number of phenols is 2. The van der Waals surface area contributed by atoms with Crippen molar-refractivity contribution in [2.45, 2.75) is 127 Å². The molecule has 0 bridgehead atoms. The number of carbonyl (C=O) groups is 8. The third-order valence-corrected chi connectivity index (χ3v) is 16.8. The van der Waals surface area contributed by atoms with Gasteiger partial charge in [-0.2, -0.15) is 0 Å². The molecular weight excluding hydrogens is 1730 g/mol. The van der Waals surface area contributed by atoms with Gasteiger partial charge >= 0.3 is 60.6 Å². The molecule has 0 radical (unpaired) electrons. The second-order valence-corrected chi connectivity index (χ2v) is 28.0. The number of nitrogen functional groups attached to an aromatic ring is 1. The molecule has 0 saturated carbocycles. The summed E-state index contributed by atoms with van der Waals surface area (Å²) in [5.41, 5.74) is 12.2. The topological polar surface area (TPSA) is 395 Å². The Morgan fingerprint density at radius 2 is 0.675 bits per heavy atom. The number of aromatic hydroxyl groups is 2. The molecule has 0 atom stereocenters. The van der Waals surface area contributed by atoms with Crippen LogP contribution in [-0.2, 0) is 28.4 Å². The normalized spacial score (nSPS) is 10.0. The fourth-order valence-electron chi connectivity index (χ4n) is 9.44. The number of nitrogens with one attached hydrogen (secondary N) is 1. The summed E-state index contributed by atoms with van der Waals surface area (Å²) in [5, 5.41) is 32.3. The number of carboxylic acid groups (broad SMARTS) is 1. The van der Waals surface area contributed by atoms with Crippen LogP contribution in [0.4, 0.5) is 20.2 Å². The van der Waals surface area contributed by atoms with Crippen molar-refractivity contribution in [1.82, 2.24) is 0 Å². The van der Waals surface area contributed by atoms with Crippen LogP contribution in [0.5, 0.6) is 57.5 Å². The molecular formula is C86H107Cl6F2LiN2O26. The first-order valence-electron chi connectivity index (χ1n) is 37.1. The Morgan fingerprint density at radius 1 is 0.390 bits per heavy atom. The van der Waals surface area contributed by atoms with Crippen LogP contribution in [0.1, 0.15) is 179 Å². The van der Waals surface area contributed by atoms with Crippen LogP contribution in [0.15, 0.2) is 109 Å². The number of benzene rings is 8. The predicted molar refractivity (Wildman–Crippen MR) is 468 cm³/mol. The van der Waals surface area contributed by atoms with Crippen LogP contribution in [0, 0.1) is 27.7 Å². The molecule has 0 aliphatic carbocycles. The van der Waals surface area contributed by atoms with Crippen LogP contribution in [0.25, 0.3) is 0 Å². The van der Waals surface area contributed by atoms with Crippen molar-refractivity contribution in [3.63, 3.8) is 0 Å². The predicted octanol–water partition coefficient (Wildman–Crippen LogP) is 17.8. The summed E-state index contributed by atoms with van der Waals surface area (Å²) < 4.78 is 102. The Bertz CT molecular complexity index is 4740. The van der Waals surface area contributed by atoms with Crippen LogP contribution in [-0.4, -0.2) is 177 Å². The molecule has 37 heteroatoms. The van der Waals surface area contributed by atoms with Gasteiger partial charge < -0.3 is 98.2 Å². The molecule has 674 valence electrons. The molecule has 8 aromatic carbocycles. The van der Waals surface area contributed by atoms with Gasteiger partial charge in [0.05, 0.1) is 171 Å². The summed E-state index contributed by atoms with van der Waals surface area (Å²) in [4.78, 5) is 91.4. The number of nitrogens with two attached hydrogens (primary N) is 1. The number of carboxylic acids is 1. The van der Waals surface area contributed by atoms with E-state index >= 15 is 0 Å². The molecule has 0 fully saturated rings. The zero-order valence-electron chi connectivity index (χ0n) is 74.6. The first-order valence-corrected chi connectivity index (χ1v) is 37.9. The Hall–Kier alpha value is -10.5. The van der Waals surface area contributed by atoms with Crippen molar-refractivity contribution in [2.24, 2.45) is 0 Å². The van der Waals surface area contributed by atoms with Gasteiger partial charge in [-0.15, -0.1) is 0 Å². The average molecular weight is 1840 g/mol. The molecule has 0 aliphatic rings. The second kappa shape index (κ2) is 59.3. The van der Waals surface area contributed by atoms with Crippen molar-refractivity contribution in [3.8, 4) is 57.5 Å². The monoisotopic (exact) mass is 1840 g/mol. The maximum Gasteiger partial charge on any atom is 1.00 e. The van der Waals surface area contributed by atoms with Crippen molar-refractivity contribution < 1.29 is 157 Å². The third kappa shape index (κ3) is 38.8. The maximum atomic E-state index is 12.6. The molecule has 8 rings (SSSR count). The molecule has 1 amide bonds. The number of rotatable bonds is 22. The number of aromatic carboxylic acids is 1. The number of alkyl halides is 2.